The van der Waals surface area contributed by atoms with E-state index in [-0.39, 0.29) is 18.2 Å². The maximum Gasteiger partial charge on any atom is 0.259 e. The minimum Gasteiger partial charge on any atom is -0.496 e. The van der Waals surface area contributed by atoms with Crippen LogP contribution in [-0.2, 0) is 17.6 Å². The number of benzene rings is 2. The first kappa shape index (κ1) is 19.6. The molecule has 0 fully saturated rings. The van der Waals surface area contributed by atoms with E-state index in [1.54, 1.807) is 24.3 Å². The number of rotatable bonds is 5. The second-order valence-electron chi connectivity index (χ2n) is 7.29. The van der Waals surface area contributed by atoms with Gasteiger partial charge in [0.05, 0.1) is 19.1 Å². The lowest BCUT2D eigenvalue weighted by Gasteiger charge is -2.17. The number of amides is 2. The Kier molecular flexibility index (Phi) is 5.48. The van der Waals surface area contributed by atoms with Crippen molar-refractivity contribution in [1.29, 1.82) is 0 Å². The van der Waals surface area contributed by atoms with Crippen molar-refractivity contribution in [3.8, 4) is 5.75 Å². The van der Waals surface area contributed by atoms with Gasteiger partial charge in [-0.3, -0.25) is 14.6 Å². The number of nitrogens with one attached hydrogen (secondary N) is 1. The lowest BCUT2D eigenvalue weighted by Crippen LogP contribution is -2.30. The number of anilines is 2. The van der Waals surface area contributed by atoms with Gasteiger partial charge in [-0.05, 0) is 66.9 Å². The Hall–Kier alpha value is -3.67. The molecule has 6 heteroatoms. The summed E-state index contributed by atoms with van der Waals surface area (Å²) in [5, 5.41) is 2.93. The van der Waals surface area contributed by atoms with Crippen LogP contribution in [0.15, 0.2) is 60.8 Å². The van der Waals surface area contributed by atoms with Gasteiger partial charge in [-0.2, -0.15) is 0 Å². The third-order valence-corrected chi connectivity index (χ3v) is 5.19. The predicted molar refractivity (Wildman–Crippen MR) is 116 cm³/mol. The smallest absolute Gasteiger partial charge is 0.259 e. The Labute approximate surface area is 175 Å². The van der Waals surface area contributed by atoms with Crippen LogP contribution in [0, 0.1) is 6.92 Å². The quantitative estimate of drug-likeness (QED) is 0.706. The highest BCUT2D eigenvalue weighted by Crippen LogP contribution is 2.31. The number of hydrogen-bond acceptors (Lipinski definition) is 4. The average Bonchev–Trinajstić information content (AvgIpc) is 3.17. The topological polar surface area (TPSA) is 71.5 Å². The summed E-state index contributed by atoms with van der Waals surface area (Å²) in [6, 6.07) is 16.7. The van der Waals surface area contributed by atoms with Crippen LogP contribution in [-0.4, -0.2) is 30.5 Å². The van der Waals surface area contributed by atoms with Gasteiger partial charge in [-0.1, -0.05) is 12.1 Å². The molecule has 2 amide bonds. The minimum absolute atomic E-state index is 0.0219. The van der Waals surface area contributed by atoms with Gasteiger partial charge in [0.15, 0.2) is 0 Å². The van der Waals surface area contributed by atoms with Crippen LogP contribution in [0.25, 0.3) is 0 Å². The molecule has 152 valence electrons. The van der Waals surface area contributed by atoms with Gasteiger partial charge < -0.3 is 15.0 Å². The summed E-state index contributed by atoms with van der Waals surface area (Å²) in [4.78, 5) is 31.5. The number of aromatic nitrogens is 1. The number of hydrogen-bond donors (Lipinski definition) is 1. The van der Waals surface area contributed by atoms with E-state index < -0.39 is 0 Å². The van der Waals surface area contributed by atoms with Crippen LogP contribution in [0.2, 0.25) is 0 Å². The van der Waals surface area contributed by atoms with Crippen LogP contribution >= 0.6 is 0 Å². The molecule has 1 aliphatic heterocycles. The highest BCUT2D eigenvalue weighted by Gasteiger charge is 2.25. The molecule has 1 aromatic heterocycles. The molecule has 0 atom stereocenters. The summed E-state index contributed by atoms with van der Waals surface area (Å²) < 4.78 is 5.34. The molecule has 0 aliphatic carbocycles. The van der Waals surface area contributed by atoms with Crippen molar-refractivity contribution in [2.75, 3.05) is 23.9 Å². The van der Waals surface area contributed by atoms with Gasteiger partial charge in [0, 0.05) is 29.8 Å². The number of nitrogens with zero attached hydrogens (tertiary/aromatic N) is 2. The molecular formula is C24H23N3O3. The number of aryl methyl sites for hydroxylation is 1. The van der Waals surface area contributed by atoms with Gasteiger partial charge >= 0.3 is 0 Å². The summed E-state index contributed by atoms with van der Waals surface area (Å²) in [6.45, 7) is 2.58. The first-order chi connectivity index (χ1) is 14.5. The molecule has 0 spiro atoms. The summed E-state index contributed by atoms with van der Waals surface area (Å²) in [5.41, 5.74) is 4.89. The Morgan fingerprint density at radius 1 is 1.13 bits per heavy atom. The molecule has 0 bridgehead atoms. The number of ether oxygens (including phenoxy) is 1. The van der Waals surface area contributed by atoms with E-state index in [1.165, 1.54) is 0 Å². The number of methoxy groups -OCH3 is 1. The average molecular weight is 401 g/mol. The highest BCUT2D eigenvalue weighted by molar-refractivity contribution is 6.06. The zero-order valence-corrected chi connectivity index (χ0v) is 17.0. The first-order valence-electron chi connectivity index (χ1n) is 9.84. The number of fused-ring (bicyclic) bond motifs is 1. The van der Waals surface area contributed by atoms with Crippen LogP contribution in [0.5, 0.6) is 5.75 Å². The maximum atomic E-state index is 12.7. The number of carbonyl (C=O) groups excluding carboxylic acids is 2. The van der Waals surface area contributed by atoms with Gasteiger partial charge in [0.25, 0.3) is 5.91 Å². The standard InChI is InChI=1S/C24H23N3O3/c1-16-6-8-20(22(13-16)30-2)24(29)26-19-7-9-21-17(14-19)10-12-27(21)23(28)15-18-5-3-4-11-25-18/h3-9,11,13-14H,10,12,15H2,1-2H3,(H,26,29). The molecule has 0 saturated heterocycles. The monoisotopic (exact) mass is 401 g/mol. The van der Waals surface area contributed by atoms with E-state index in [9.17, 15) is 9.59 Å². The van der Waals surface area contributed by atoms with Crippen molar-refractivity contribution < 1.29 is 14.3 Å². The Bertz CT molecular complexity index is 1100. The fraction of sp³-hybridized carbons (Fsp3) is 0.208. The molecule has 1 N–H and O–H groups in total. The number of pyridine rings is 1. The minimum atomic E-state index is -0.229. The fourth-order valence-electron chi connectivity index (χ4n) is 3.68. The highest BCUT2D eigenvalue weighted by atomic mass is 16.5. The van der Waals surface area contributed by atoms with Crippen molar-refractivity contribution >= 4 is 23.2 Å². The summed E-state index contributed by atoms with van der Waals surface area (Å²) in [5.74, 6) is 0.335. The second-order valence-corrected chi connectivity index (χ2v) is 7.29. The Morgan fingerprint density at radius 3 is 2.77 bits per heavy atom. The van der Waals surface area contributed by atoms with Gasteiger partial charge in [-0.15, -0.1) is 0 Å². The van der Waals surface area contributed by atoms with Crippen LogP contribution < -0.4 is 15.0 Å². The van der Waals surface area contributed by atoms with Crippen LogP contribution in [0.4, 0.5) is 11.4 Å². The number of carbonyl (C=O) groups is 2. The van der Waals surface area contributed by atoms with Crippen molar-refractivity contribution in [2.24, 2.45) is 0 Å². The van der Waals surface area contributed by atoms with Crippen LogP contribution in [0.3, 0.4) is 0 Å². The second kappa shape index (κ2) is 8.37. The lowest BCUT2D eigenvalue weighted by molar-refractivity contribution is -0.117. The zero-order valence-electron chi connectivity index (χ0n) is 17.0. The molecule has 6 nitrogen and oxygen atoms in total. The van der Waals surface area contributed by atoms with E-state index in [4.69, 9.17) is 4.74 Å². The summed E-state index contributed by atoms with van der Waals surface area (Å²) in [7, 11) is 1.55. The van der Waals surface area contributed by atoms with E-state index in [2.05, 4.69) is 10.3 Å². The van der Waals surface area contributed by atoms with E-state index in [0.29, 0.717) is 23.5 Å². The maximum absolute atomic E-state index is 12.7. The molecule has 2 heterocycles. The molecule has 1 aliphatic rings. The van der Waals surface area contributed by atoms with Gasteiger partial charge in [0.2, 0.25) is 5.91 Å². The summed E-state index contributed by atoms with van der Waals surface area (Å²) >= 11 is 0. The molecule has 4 rings (SSSR count). The molecule has 2 aromatic carbocycles. The predicted octanol–water partition coefficient (Wildman–Crippen LogP) is 3.78. The zero-order chi connectivity index (χ0) is 21.1. The van der Waals surface area contributed by atoms with Gasteiger partial charge in [-0.25, -0.2) is 0 Å². The van der Waals surface area contributed by atoms with E-state index >= 15 is 0 Å². The molecule has 0 saturated carbocycles. The van der Waals surface area contributed by atoms with Crippen molar-refractivity contribution in [1.82, 2.24) is 4.98 Å². The lowest BCUT2D eigenvalue weighted by atomic mass is 10.1. The Morgan fingerprint density at radius 2 is 2.00 bits per heavy atom. The van der Waals surface area contributed by atoms with E-state index in [0.717, 1.165) is 28.9 Å². The molecule has 30 heavy (non-hydrogen) atoms. The third kappa shape index (κ3) is 4.03. The SMILES string of the molecule is COc1cc(C)ccc1C(=O)Nc1ccc2c(c1)CCN2C(=O)Cc1ccccn1. The first-order valence-corrected chi connectivity index (χ1v) is 9.84. The Balaban J connectivity index is 1.49. The van der Waals surface area contributed by atoms with Crippen molar-refractivity contribution in [3.05, 3.63) is 83.2 Å². The normalized spacial score (nSPS) is 12.4. The molecule has 0 radical (unpaired) electrons. The third-order valence-electron chi connectivity index (χ3n) is 5.19. The van der Waals surface area contributed by atoms with Crippen molar-refractivity contribution in [3.63, 3.8) is 0 Å². The van der Waals surface area contributed by atoms with E-state index in [1.807, 2.05) is 55.5 Å². The van der Waals surface area contributed by atoms with Crippen LogP contribution in [0.1, 0.15) is 27.2 Å². The fourth-order valence-corrected chi connectivity index (χ4v) is 3.68. The molecule has 3 aromatic rings. The molecular weight excluding hydrogens is 378 g/mol. The van der Waals surface area contributed by atoms with Gasteiger partial charge in [0.1, 0.15) is 5.75 Å². The largest absolute Gasteiger partial charge is 0.496 e. The van der Waals surface area contributed by atoms with Crippen molar-refractivity contribution in [2.45, 2.75) is 19.8 Å². The summed E-state index contributed by atoms with van der Waals surface area (Å²) in [6.07, 6.45) is 2.71. The molecule has 0 unspecified atom stereocenters.